The third-order valence-corrected chi connectivity index (χ3v) is 5.28. The molecule has 0 atom stereocenters. The number of nitrogens with zero attached hydrogens (tertiary/aromatic N) is 2. The summed E-state index contributed by atoms with van der Waals surface area (Å²) in [5.74, 6) is 0.614. The number of carbonyl (C=O) groups excluding carboxylic acids is 1. The Bertz CT molecular complexity index is 1030. The minimum atomic E-state index is -0.522. The van der Waals surface area contributed by atoms with Crippen LogP contribution in [0.25, 0.3) is 10.9 Å². The van der Waals surface area contributed by atoms with Gasteiger partial charge in [-0.2, -0.15) is 0 Å². The SMILES string of the molecule is CC(C)(C)OC(=O)Cn1c2c(c3ccccc31)CCN(Cc1ccco1)C2=S. The molecule has 0 bridgehead atoms. The first-order valence-corrected chi connectivity index (χ1v) is 9.88. The molecule has 0 radical (unpaired) electrons. The van der Waals surface area contributed by atoms with E-state index in [0.717, 1.165) is 40.3 Å². The molecule has 3 heterocycles. The fourth-order valence-electron chi connectivity index (χ4n) is 3.78. The van der Waals surface area contributed by atoms with Gasteiger partial charge in [-0.1, -0.05) is 30.4 Å². The lowest BCUT2D eigenvalue weighted by Crippen LogP contribution is -2.38. The topological polar surface area (TPSA) is 47.6 Å². The highest BCUT2D eigenvalue weighted by atomic mass is 32.1. The molecule has 0 saturated carbocycles. The van der Waals surface area contributed by atoms with E-state index >= 15 is 0 Å². The van der Waals surface area contributed by atoms with Gasteiger partial charge in [-0.05, 0) is 51.0 Å². The first-order chi connectivity index (χ1) is 13.3. The second kappa shape index (κ2) is 7.09. The minimum absolute atomic E-state index is 0.141. The van der Waals surface area contributed by atoms with E-state index in [1.54, 1.807) is 6.26 Å². The molecule has 1 aromatic carbocycles. The molecule has 1 aliphatic heterocycles. The zero-order valence-electron chi connectivity index (χ0n) is 16.4. The second-order valence-electron chi connectivity index (χ2n) is 8.07. The van der Waals surface area contributed by atoms with E-state index in [-0.39, 0.29) is 12.5 Å². The molecule has 28 heavy (non-hydrogen) atoms. The van der Waals surface area contributed by atoms with Gasteiger partial charge in [0.25, 0.3) is 0 Å². The maximum atomic E-state index is 12.6. The smallest absolute Gasteiger partial charge is 0.326 e. The van der Waals surface area contributed by atoms with E-state index in [1.807, 2.05) is 55.7 Å². The number of carbonyl (C=O) groups is 1. The molecule has 2 aromatic heterocycles. The van der Waals surface area contributed by atoms with Crippen LogP contribution in [0.2, 0.25) is 0 Å². The summed E-state index contributed by atoms with van der Waals surface area (Å²) in [6.45, 7) is 7.23. The Balaban J connectivity index is 1.73. The molecule has 0 saturated heterocycles. The van der Waals surface area contributed by atoms with Crippen LogP contribution in [0.15, 0.2) is 47.1 Å². The molecule has 4 rings (SSSR count). The lowest BCUT2D eigenvalue weighted by Gasteiger charge is -2.30. The molecule has 146 valence electrons. The maximum Gasteiger partial charge on any atom is 0.326 e. The van der Waals surface area contributed by atoms with Crippen LogP contribution in [0.4, 0.5) is 0 Å². The normalized spacial score (nSPS) is 14.4. The lowest BCUT2D eigenvalue weighted by molar-refractivity contribution is -0.155. The van der Waals surface area contributed by atoms with E-state index in [2.05, 4.69) is 11.0 Å². The quantitative estimate of drug-likeness (QED) is 0.486. The fraction of sp³-hybridized carbons (Fsp3) is 0.364. The van der Waals surface area contributed by atoms with Gasteiger partial charge in [-0.15, -0.1) is 0 Å². The summed E-state index contributed by atoms with van der Waals surface area (Å²) in [4.78, 5) is 15.5. The Morgan fingerprint density at radius 2 is 2.00 bits per heavy atom. The third kappa shape index (κ3) is 3.56. The van der Waals surface area contributed by atoms with Gasteiger partial charge in [0.15, 0.2) is 0 Å². The standard InChI is InChI=1S/C22H24N2O3S/c1-22(2,3)27-19(25)14-24-18-9-5-4-8-16(18)17-10-11-23(21(28)20(17)24)13-15-7-6-12-26-15/h4-9,12H,10-11,13-14H2,1-3H3. The van der Waals surface area contributed by atoms with Crippen molar-refractivity contribution in [3.63, 3.8) is 0 Å². The maximum absolute atomic E-state index is 12.6. The average Bonchev–Trinajstić information content (AvgIpc) is 3.23. The van der Waals surface area contributed by atoms with Crippen LogP contribution in [-0.2, 0) is 29.0 Å². The van der Waals surface area contributed by atoms with Crippen molar-refractivity contribution < 1.29 is 13.9 Å². The summed E-state index contributed by atoms with van der Waals surface area (Å²) in [5.41, 5.74) is 2.65. The summed E-state index contributed by atoms with van der Waals surface area (Å²) in [6.07, 6.45) is 2.55. The van der Waals surface area contributed by atoms with E-state index in [1.165, 1.54) is 5.56 Å². The summed E-state index contributed by atoms with van der Waals surface area (Å²) < 4.78 is 13.1. The molecule has 0 amide bonds. The number of hydrogen-bond donors (Lipinski definition) is 0. The van der Waals surface area contributed by atoms with Crippen LogP contribution < -0.4 is 0 Å². The molecule has 0 N–H and O–H groups in total. The molecule has 0 unspecified atom stereocenters. The van der Waals surface area contributed by atoms with Crippen molar-refractivity contribution in [1.82, 2.24) is 9.47 Å². The van der Waals surface area contributed by atoms with Gasteiger partial charge in [-0.25, -0.2) is 0 Å². The van der Waals surface area contributed by atoms with Crippen molar-refractivity contribution in [3.05, 3.63) is 59.7 Å². The van der Waals surface area contributed by atoms with Crippen LogP contribution in [0.5, 0.6) is 0 Å². The van der Waals surface area contributed by atoms with Crippen LogP contribution in [0, 0.1) is 0 Å². The highest BCUT2D eigenvalue weighted by Crippen LogP contribution is 2.32. The van der Waals surface area contributed by atoms with Gasteiger partial charge < -0.3 is 18.6 Å². The first kappa shape index (κ1) is 18.7. The minimum Gasteiger partial charge on any atom is -0.467 e. The molecule has 0 spiro atoms. The number of aromatic nitrogens is 1. The van der Waals surface area contributed by atoms with Crippen molar-refractivity contribution in [3.8, 4) is 0 Å². The van der Waals surface area contributed by atoms with Crippen molar-refractivity contribution in [1.29, 1.82) is 0 Å². The van der Waals surface area contributed by atoms with E-state index in [4.69, 9.17) is 21.4 Å². The molecule has 0 aliphatic carbocycles. The summed E-state index contributed by atoms with van der Waals surface area (Å²) in [6, 6.07) is 12.0. The molecule has 0 fully saturated rings. The average molecular weight is 397 g/mol. The Hall–Kier alpha value is -2.60. The van der Waals surface area contributed by atoms with Crippen LogP contribution >= 0.6 is 12.2 Å². The van der Waals surface area contributed by atoms with Gasteiger partial charge >= 0.3 is 5.97 Å². The Labute approximate surface area is 169 Å². The van der Waals surface area contributed by atoms with E-state index < -0.39 is 5.60 Å². The monoisotopic (exact) mass is 396 g/mol. The molecular formula is C22H24N2O3S. The van der Waals surface area contributed by atoms with Crippen molar-refractivity contribution in [2.45, 2.75) is 45.9 Å². The molecule has 5 nitrogen and oxygen atoms in total. The molecular weight excluding hydrogens is 372 g/mol. The van der Waals surface area contributed by atoms with Gasteiger partial charge in [0.05, 0.1) is 18.5 Å². The van der Waals surface area contributed by atoms with Gasteiger partial charge in [0, 0.05) is 17.4 Å². The Kier molecular flexibility index (Phi) is 4.75. The molecule has 6 heteroatoms. The zero-order valence-corrected chi connectivity index (χ0v) is 17.2. The van der Waals surface area contributed by atoms with E-state index in [9.17, 15) is 4.79 Å². The third-order valence-electron chi connectivity index (χ3n) is 4.83. The highest BCUT2D eigenvalue weighted by molar-refractivity contribution is 7.80. The number of benzene rings is 1. The summed E-state index contributed by atoms with van der Waals surface area (Å²) in [7, 11) is 0. The van der Waals surface area contributed by atoms with Gasteiger partial charge in [0.2, 0.25) is 0 Å². The number of esters is 1. The second-order valence-corrected chi connectivity index (χ2v) is 8.46. The predicted molar refractivity (Wildman–Crippen MR) is 112 cm³/mol. The number of furan rings is 1. The molecule has 3 aromatic rings. The van der Waals surface area contributed by atoms with E-state index in [0.29, 0.717) is 6.54 Å². The fourth-order valence-corrected chi connectivity index (χ4v) is 4.17. The van der Waals surface area contributed by atoms with Gasteiger partial charge in [0.1, 0.15) is 22.9 Å². The number of thiocarbonyl (C=S) groups is 1. The number of hydrogen-bond acceptors (Lipinski definition) is 4. The van der Waals surface area contributed by atoms with Crippen molar-refractivity contribution in [2.24, 2.45) is 0 Å². The van der Waals surface area contributed by atoms with Crippen LogP contribution in [0.1, 0.15) is 37.8 Å². The highest BCUT2D eigenvalue weighted by Gasteiger charge is 2.30. The Morgan fingerprint density at radius 1 is 1.21 bits per heavy atom. The van der Waals surface area contributed by atoms with Crippen LogP contribution in [-0.4, -0.2) is 32.6 Å². The summed E-state index contributed by atoms with van der Waals surface area (Å²) >= 11 is 5.86. The number of rotatable bonds is 4. The zero-order chi connectivity index (χ0) is 19.9. The predicted octanol–water partition coefficient (Wildman–Crippen LogP) is 4.31. The lowest BCUT2D eigenvalue weighted by atomic mass is 10.0. The number of ether oxygens (including phenoxy) is 1. The van der Waals surface area contributed by atoms with Crippen molar-refractivity contribution in [2.75, 3.05) is 6.54 Å². The van der Waals surface area contributed by atoms with Crippen molar-refractivity contribution >= 4 is 34.1 Å². The molecule has 1 aliphatic rings. The first-order valence-electron chi connectivity index (χ1n) is 9.47. The van der Waals surface area contributed by atoms with Gasteiger partial charge in [-0.3, -0.25) is 4.79 Å². The largest absolute Gasteiger partial charge is 0.467 e. The Morgan fingerprint density at radius 3 is 2.71 bits per heavy atom. The van der Waals surface area contributed by atoms with Crippen LogP contribution in [0.3, 0.4) is 0 Å². The summed E-state index contributed by atoms with van der Waals surface area (Å²) in [5, 5.41) is 1.15. The number of fused-ring (bicyclic) bond motifs is 3. The number of para-hydroxylation sites is 1.